The van der Waals surface area contributed by atoms with Crippen LogP contribution in [0.3, 0.4) is 0 Å². The smallest absolute Gasteiger partial charge is 0.488 e. The average Bonchev–Trinajstić information content (AvgIpc) is 2.15. The summed E-state index contributed by atoms with van der Waals surface area (Å²) in [4.78, 5) is 11.1. The summed E-state index contributed by atoms with van der Waals surface area (Å²) in [6.07, 6.45) is 0. The third kappa shape index (κ3) is 2.29. The van der Waals surface area contributed by atoms with E-state index in [1.165, 1.54) is 19.2 Å². The molecule has 0 unspecified atom stereocenters. The fourth-order valence-electron chi connectivity index (χ4n) is 1.41. The highest BCUT2D eigenvalue weighted by Gasteiger charge is 2.18. The second-order valence-electron chi connectivity index (χ2n) is 3.15. The summed E-state index contributed by atoms with van der Waals surface area (Å²) in [6.45, 7) is 1.65. The summed E-state index contributed by atoms with van der Waals surface area (Å²) < 4.78 is 4.96. The van der Waals surface area contributed by atoms with Crippen LogP contribution in [0.4, 0.5) is 0 Å². The minimum Gasteiger partial charge on any atom is -0.496 e. The predicted octanol–water partition coefficient (Wildman–Crippen LogP) is -1.22. The van der Waals surface area contributed by atoms with Crippen LogP contribution in [0.1, 0.15) is 15.9 Å². The summed E-state index contributed by atoms with van der Waals surface area (Å²) in [5, 5.41) is 18.0. The van der Waals surface area contributed by atoms with Gasteiger partial charge in [0, 0.05) is 0 Å². The number of hydrogen-bond donors (Lipinski definition) is 3. The Hall–Kier alpha value is -1.53. The zero-order chi connectivity index (χ0) is 11.6. The summed E-state index contributed by atoms with van der Waals surface area (Å²) in [5.74, 6) is -0.367. The lowest BCUT2D eigenvalue weighted by Gasteiger charge is -2.11. The first-order chi connectivity index (χ1) is 6.97. The lowest BCUT2D eigenvalue weighted by atomic mass is 9.78. The molecule has 1 amide bonds. The van der Waals surface area contributed by atoms with Crippen molar-refractivity contribution in [2.75, 3.05) is 7.11 Å². The zero-order valence-corrected chi connectivity index (χ0v) is 8.52. The molecule has 6 heteroatoms. The Bertz CT molecular complexity index is 392. The molecule has 0 bridgehead atoms. The molecule has 1 aromatic rings. The van der Waals surface area contributed by atoms with E-state index in [0.29, 0.717) is 5.56 Å². The fraction of sp³-hybridized carbons (Fsp3) is 0.222. The van der Waals surface area contributed by atoms with Gasteiger partial charge in [0.05, 0.1) is 12.7 Å². The number of nitrogens with two attached hydrogens (primary N) is 1. The molecule has 0 saturated carbocycles. The van der Waals surface area contributed by atoms with Gasteiger partial charge in [0.2, 0.25) is 0 Å². The highest BCUT2D eigenvalue weighted by atomic mass is 16.5. The molecular weight excluding hydrogens is 197 g/mol. The molecule has 0 atom stereocenters. The summed E-state index contributed by atoms with van der Waals surface area (Å²) in [7, 11) is -0.214. The molecule has 0 aliphatic rings. The molecule has 15 heavy (non-hydrogen) atoms. The van der Waals surface area contributed by atoms with Crippen LogP contribution in [-0.2, 0) is 0 Å². The summed E-state index contributed by atoms with van der Waals surface area (Å²) in [6, 6.07) is 2.85. The number of hydrogen-bond acceptors (Lipinski definition) is 4. The SMILES string of the molecule is COc1cc(B(O)O)cc(C)c1C(N)=O. The topological polar surface area (TPSA) is 92.8 Å². The molecule has 0 saturated heterocycles. The van der Waals surface area contributed by atoms with Crippen LogP contribution in [0.15, 0.2) is 12.1 Å². The Morgan fingerprint density at radius 1 is 1.47 bits per heavy atom. The molecular formula is C9H12BNO4. The van der Waals surface area contributed by atoms with Crippen LogP contribution in [0.25, 0.3) is 0 Å². The summed E-state index contributed by atoms with van der Waals surface area (Å²) in [5.41, 5.74) is 6.23. The zero-order valence-electron chi connectivity index (χ0n) is 8.52. The van der Waals surface area contributed by atoms with Crippen molar-refractivity contribution < 1.29 is 19.6 Å². The number of methoxy groups -OCH3 is 1. The van der Waals surface area contributed by atoms with E-state index in [1.807, 2.05) is 0 Å². The number of amides is 1. The fourth-order valence-corrected chi connectivity index (χ4v) is 1.41. The van der Waals surface area contributed by atoms with E-state index in [2.05, 4.69) is 0 Å². The molecule has 0 fully saturated rings. The van der Waals surface area contributed by atoms with Gasteiger partial charge in [0.25, 0.3) is 5.91 Å². The number of rotatable bonds is 3. The van der Waals surface area contributed by atoms with Gasteiger partial charge in [-0.25, -0.2) is 0 Å². The highest BCUT2D eigenvalue weighted by Crippen LogP contribution is 2.19. The Morgan fingerprint density at radius 3 is 2.47 bits per heavy atom. The van der Waals surface area contributed by atoms with Gasteiger partial charge >= 0.3 is 7.12 Å². The maximum absolute atomic E-state index is 11.1. The third-order valence-corrected chi connectivity index (χ3v) is 2.09. The van der Waals surface area contributed by atoms with Crippen molar-refractivity contribution in [3.63, 3.8) is 0 Å². The molecule has 1 rings (SSSR count). The molecule has 1 aromatic carbocycles. The minimum atomic E-state index is -1.60. The van der Waals surface area contributed by atoms with Crippen LogP contribution in [-0.4, -0.2) is 30.2 Å². The van der Waals surface area contributed by atoms with Crippen molar-refractivity contribution in [1.29, 1.82) is 0 Å². The van der Waals surface area contributed by atoms with Crippen molar-refractivity contribution in [3.05, 3.63) is 23.3 Å². The maximum atomic E-state index is 11.1. The Morgan fingerprint density at radius 2 is 2.07 bits per heavy atom. The van der Waals surface area contributed by atoms with E-state index in [-0.39, 0.29) is 16.8 Å². The van der Waals surface area contributed by atoms with Crippen LogP contribution in [0.2, 0.25) is 0 Å². The number of ether oxygens (including phenoxy) is 1. The van der Waals surface area contributed by atoms with Crippen molar-refractivity contribution >= 4 is 18.5 Å². The first kappa shape index (κ1) is 11.5. The molecule has 80 valence electrons. The monoisotopic (exact) mass is 209 g/mol. The van der Waals surface area contributed by atoms with Crippen molar-refractivity contribution in [3.8, 4) is 5.75 Å². The molecule has 0 radical (unpaired) electrons. The van der Waals surface area contributed by atoms with Crippen molar-refractivity contribution in [2.24, 2.45) is 5.73 Å². The van der Waals surface area contributed by atoms with E-state index < -0.39 is 13.0 Å². The Labute approximate surface area is 87.6 Å². The van der Waals surface area contributed by atoms with Gasteiger partial charge < -0.3 is 20.5 Å². The van der Waals surface area contributed by atoms with E-state index in [1.54, 1.807) is 6.92 Å². The van der Waals surface area contributed by atoms with Crippen molar-refractivity contribution in [1.82, 2.24) is 0 Å². The molecule has 0 aliphatic carbocycles. The number of carbonyl (C=O) groups excluding carboxylic acids is 1. The molecule has 0 aliphatic heterocycles. The highest BCUT2D eigenvalue weighted by molar-refractivity contribution is 6.58. The van der Waals surface area contributed by atoms with E-state index in [9.17, 15) is 4.79 Å². The standard InChI is InChI=1S/C9H12BNO4/c1-5-3-6(10(13)14)4-7(15-2)8(5)9(11)12/h3-4,13-14H,1-2H3,(H2,11,12). The second-order valence-corrected chi connectivity index (χ2v) is 3.15. The molecule has 0 heterocycles. The van der Waals surface area contributed by atoms with Gasteiger partial charge in [-0.3, -0.25) is 4.79 Å². The molecule has 5 nitrogen and oxygen atoms in total. The van der Waals surface area contributed by atoms with E-state index in [4.69, 9.17) is 20.5 Å². The van der Waals surface area contributed by atoms with Gasteiger partial charge in [0.1, 0.15) is 5.75 Å². The number of carbonyl (C=O) groups is 1. The maximum Gasteiger partial charge on any atom is 0.488 e. The lowest BCUT2D eigenvalue weighted by Crippen LogP contribution is -2.31. The number of primary amides is 1. The van der Waals surface area contributed by atoms with Crippen LogP contribution < -0.4 is 15.9 Å². The van der Waals surface area contributed by atoms with E-state index >= 15 is 0 Å². The van der Waals surface area contributed by atoms with Crippen LogP contribution in [0.5, 0.6) is 5.75 Å². The van der Waals surface area contributed by atoms with Crippen LogP contribution >= 0.6 is 0 Å². The largest absolute Gasteiger partial charge is 0.496 e. The molecule has 0 spiro atoms. The first-order valence-corrected chi connectivity index (χ1v) is 4.31. The van der Waals surface area contributed by atoms with E-state index in [0.717, 1.165) is 0 Å². The first-order valence-electron chi connectivity index (χ1n) is 4.31. The minimum absolute atomic E-state index is 0.241. The molecule has 0 aromatic heterocycles. The number of benzene rings is 1. The normalized spacial score (nSPS) is 9.87. The predicted molar refractivity (Wildman–Crippen MR) is 56.1 cm³/mol. The Kier molecular flexibility index (Phi) is 3.33. The van der Waals surface area contributed by atoms with Gasteiger partial charge in [-0.1, -0.05) is 6.07 Å². The van der Waals surface area contributed by atoms with Gasteiger partial charge in [-0.15, -0.1) is 0 Å². The van der Waals surface area contributed by atoms with Gasteiger partial charge in [-0.05, 0) is 24.0 Å². The van der Waals surface area contributed by atoms with Crippen LogP contribution in [0, 0.1) is 6.92 Å². The quantitative estimate of drug-likeness (QED) is 0.544. The third-order valence-electron chi connectivity index (χ3n) is 2.09. The lowest BCUT2D eigenvalue weighted by molar-refractivity contribution is 0.0997. The second kappa shape index (κ2) is 4.33. The average molecular weight is 209 g/mol. The molecule has 4 N–H and O–H groups in total. The van der Waals surface area contributed by atoms with Crippen molar-refractivity contribution in [2.45, 2.75) is 6.92 Å². The van der Waals surface area contributed by atoms with Gasteiger partial charge in [-0.2, -0.15) is 0 Å². The number of aryl methyl sites for hydroxylation is 1. The van der Waals surface area contributed by atoms with Gasteiger partial charge in [0.15, 0.2) is 0 Å². The summed E-state index contributed by atoms with van der Waals surface area (Å²) >= 11 is 0. The Balaban J connectivity index is 3.37.